The smallest absolute Gasteiger partial charge is 0.0830 e. The zero-order valence-electron chi connectivity index (χ0n) is 9.13. The van der Waals surface area contributed by atoms with Crippen molar-refractivity contribution >= 4 is 0 Å². The molecule has 0 saturated carbocycles. The van der Waals surface area contributed by atoms with Crippen LogP contribution < -0.4 is 0 Å². The van der Waals surface area contributed by atoms with Crippen molar-refractivity contribution in [3.8, 4) is 0 Å². The minimum Gasteiger partial charge on any atom is -0.388 e. The summed E-state index contributed by atoms with van der Waals surface area (Å²) in [6.07, 6.45) is 1.19. The van der Waals surface area contributed by atoms with Gasteiger partial charge < -0.3 is 15.3 Å². The second-order valence-electron chi connectivity index (χ2n) is 3.51. The zero-order chi connectivity index (χ0) is 12.1. The quantitative estimate of drug-likeness (QED) is 0.552. The highest BCUT2D eigenvalue weighted by atomic mass is 16.3. The zero-order valence-corrected chi connectivity index (χ0v) is 9.13. The fourth-order valence-electron chi connectivity index (χ4n) is 1.81. The predicted molar refractivity (Wildman–Crippen MR) is 61.3 cm³/mol. The third-order valence-electron chi connectivity index (χ3n) is 2.93. The van der Waals surface area contributed by atoms with Crippen LogP contribution in [0.25, 0.3) is 0 Å². The molecule has 3 unspecified atom stereocenters. The Kier molecular flexibility index (Phi) is 5.50. The van der Waals surface area contributed by atoms with Gasteiger partial charge in [0.05, 0.1) is 23.7 Å². The molecular weight excluding hydrogens is 192 g/mol. The van der Waals surface area contributed by atoms with Gasteiger partial charge in [0, 0.05) is 0 Å². The van der Waals surface area contributed by atoms with E-state index in [-0.39, 0.29) is 0 Å². The summed E-state index contributed by atoms with van der Waals surface area (Å²) < 4.78 is 0. The molecule has 3 nitrogen and oxygen atoms in total. The Morgan fingerprint density at radius 3 is 1.33 bits per heavy atom. The van der Waals surface area contributed by atoms with Crippen LogP contribution in [-0.2, 0) is 0 Å². The monoisotopic (exact) mass is 212 g/mol. The molecule has 0 heterocycles. The molecule has 0 aromatic heterocycles. The van der Waals surface area contributed by atoms with E-state index in [0.29, 0.717) is 6.42 Å². The van der Waals surface area contributed by atoms with Gasteiger partial charge in [0.2, 0.25) is 0 Å². The summed E-state index contributed by atoms with van der Waals surface area (Å²) in [7, 11) is 0. The number of aliphatic hydroxyl groups is 3. The summed E-state index contributed by atoms with van der Waals surface area (Å²) in [5, 5.41) is 29.5. The van der Waals surface area contributed by atoms with Crippen molar-refractivity contribution in [2.45, 2.75) is 31.7 Å². The number of aliphatic hydroxyl groups excluding tert-OH is 3. The molecule has 0 rings (SSSR count). The first kappa shape index (κ1) is 14.1. The highest BCUT2D eigenvalue weighted by Crippen LogP contribution is 2.36. The summed E-state index contributed by atoms with van der Waals surface area (Å²) in [5.74, 6) is 0. The summed E-state index contributed by atoms with van der Waals surface area (Å²) in [4.78, 5) is 0. The Labute approximate surface area is 91.1 Å². The van der Waals surface area contributed by atoms with Gasteiger partial charge in [-0.05, 0) is 6.42 Å². The Morgan fingerprint density at radius 1 is 0.933 bits per heavy atom. The van der Waals surface area contributed by atoms with Crippen molar-refractivity contribution in [3.05, 3.63) is 38.0 Å². The summed E-state index contributed by atoms with van der Waals surface area (Å²) >= 11 is 0. The lowest BCUT2D eigenvalue weighted by molar-refractivity contribution is -0.0921. The van der Waals surface area contributed by atoms with Crippen molar-refractivity contribution in [2.75, 3.05) is 0 Å². The van der Waals surface area contributed by atoms with E-state index >= 15 is 0 Å². The Morgan fingerprint density at radius 2 is 1.20 bits per heavy atom. The van der Waals surface area contributed by atoms with E-state index in [4.69, 9.17) is 0 Å². The van der Waals surface area contributed by atoms with Crippen LogP contribution in [0.5, 0.6) is 0 Å². The normalized spacial score (nSPS) is 20.8. The second-order valence-corrected chi connectivity index (χ2v) is 3.51. The Bertz CT molecular complexity index is 199. The molecule has 0 fully saturated rings. The van der Waals surface area contributed by atoms with E-state index in [1.807, 2.05) is 0 Å². The molecule has 0 aromatic carbocycles. The summed E-state index contributed by atoms with van der Waals surface area (Å²) in [5.41, 5.74) is -1.12. The Hall–Kier alpha value is -0.900. The van der Waals surface area contributed by atoms with Gasteiger partial charge in [-0.3, -0.25) is 0 Å². The van der Waals surface area contributed by atoms with E-state index < -0.39 is 23.7 Å². The van der Waals surface area contributed by atoms with Gasteiger partial charge in [-0.15, -0.1) is 19.7 Å². The van der Waals surface area contributed by atoms with Crippen molar-refractivity contribution in [1.29, 1.82) is 0 Å². The summed E-state index contributed by atoms with van der Waals surface area (Å²) in [6.45, 7) is 12.2. The number of rotatable bonds is 7. The van der Waals surface area contributed by atoms with Crippen LogP contribution in [0.15, 0.2) is 38.0 Å². The van der Waals surface area contributed by atoms with E-state index in [0.717, 1.165) is 0 Å². The van der Waals surface area contributed by atoms with Crippen LogP contribution in [0, 0.1) is 5.41 Å². The first-order valence-corrected chi connectivity index (χ1v) is 4.93. The molecule has 3 heteroatoms. The van der Waals surface area contributed by atoms with Crippen LogP contribution in [0.4, 0.5) is 0 Å². The fraction of sp³-hybridized carbons (Fsp3) is 0.500. The van der Waals surface area contributed by atoms with Gasteiger partial charge in [0.25, 0.3) is 0 Å². The number of hydrogen-bond donors (Lipinski definition) is 3. The van der Waals surface area contributed by atoms with Crippen molar-refractivity contribution in [3.63, 3.8) is 0 Å². The van der Waals surface area contributed by atoms with Crippen LogP contribution in [-0.4, -0.2) is 33.6 Å². The molecule has 0 aliphatic heterocycles. The van der Waals surface area contributed by atoms with Crippen LogP contribution >= 0.6 is 0 Å². The first-order valence-electron chi connectivity index (χ1n) is 4.93. The van der Waals surface area contributed by atoms with Crippen LogP contribution in [0.1, 0.15) is 13.3 Å². The highest BCUT2D eigenvalue weighted by Gasteiger charge is 2.45. The molecule has 0 aliphatic rings. The van der Waals surface area contributed by atoms with E-state index in [2.05, 4.69) is 19.7 Å². The third-order valence-corrected chi connectivity index (χ3v) is 2.93. The number of hydrogen-bond acceptors (Lipinski definition) is 3. The maximum absolute atomic E-state index is 9.84. The first-order chi connectivity index (χ1) is 7.00. The highest BCUT2D eigenvalue weighted by molar-refractivity contribution is 5.11. The molecule has 86 valence electrons. The van der Waals surface area contributed by atoms with E-state index in [9.17, 15) is 15.3 Å². The largest absolute Gasteiger partial charge is 0.388 e. The van der Waals surface area contributed by atoms with Gasteiger partial charge >= 0.3 is 0 Å². The SMILES string of the molecule is C=CC(O)C(CC)(C(O)C=C)C(O)C=C. The Balaban J connectivity index is 5.36. The topological polar surface area (TPSA) is 60.7 Å². The molecule has 3 N–H and O–H groups in total. The van der Waals surface area contributed by atoms with Crippen molar-refractivity contribution in [2.24, 2.45) is 5.41 Å². The maximum atomic E-state index is 9.84. The van der Waals surface area contributed by atoms with Gasteiger partial charge in [0.1, 0.15) is 0 Å². The van der Waals surface area contributed by atoms with Crippen molar-refractivity contribution in [1.82, 2.24) is 0 Å². The second kappa shape index (κ2) is 5.85. The lowest BCUT2D eigenvalue weighted by atomic mass is 9.70. The van der Waals surface area contributed by atoms with Crippen LogP contribution in [0.2, 0.25) is 0 Å². The lowest BCUT2D eigenvalue weighted by Crippen LogP contribution is -2.51. The minimum atomic E-state index is -1.12. The standard InChI is InChI=1S/C12H20O3/c1-5-9(13)12(8-4,10(14)6-2)11(15)7-3/h5-7,9-11,13-15H,1-3,8H2,4H3. The van der Waals surface area contributed by atoms with E-state index in [1.165, 1.54) is 18.2 Å². The molecule has 0 radical (unpaired) electrons. The van der Waals surface area contributed by atoms with Crippen molar-refractivity contribution < 1.29 is 15.3 Å². The molecule has 0 saturated heterocycles. The molecule has 3 atom stereocenters. The molecule has 0 aromatic rings. The molecule has 0 bridgehead atoms. The molecule has 15 heavy (non-hydrogen) atoms. The average Bonchev–Trinajstić information content (AvgIpc) is 2.29. The maximum Gasteiger partial charge on any atom is 0.0830 e. The minimum absolute atomic E-state index is 0.376. The third kappa shape index (κ3) is 2.37. The molecule has 0 amide bonds. The van der Waals surface area contributed by atoms with E-state index in [1.54, 1.807) is 6.92 Å². The lowest BCUT2D eigenvalue weighted by Gasteiger charge is -2.41. The summed E-state index contributed by atoms with van der Waals surface area (Å²) in [6, 6.07) is 0. The van der Waals surface area contributed by atoms with Gasteiger partial charge in [-0.1, -0.05) is 25.2 Å². The molecule has 0 aliphatic carbocycles. The predicted octanol–water partition coefficient (Wildman–Crippen LogP) is 1.02. The van der Waals surface area contributed by atoms with Crippen LogP contribution in [0.3, 0.4) is 0 Å². The molecule has 0 spiro atoms. The van der Waals surface area contributed by atoms with Gasteiger partial charge in [-0.25, -0.2) is 0 Å². The average molecular weight is 212 g/mol. The van der Waals surface area contributed by atoms with Gasteiger partial charge in [-0.2, -0.15) is 0 Å². The van der Waals surface area contributed by atoms with Gasteiger partial charge in [0.15, 0.2) is 0 Å². The fourth-order valence-corrected chi connectivity index (χ4v) is 1.81. The molecular formula is C12H20O3.